The third kappa shape index (κ3) is 4.74. The van der Waals surface area contributed by atoms with E-state index < -0.39 is 10.0 Å². The number of rotatable bonds is 8. The van der Waals surface area contributed by atoms with Crippen molar-refractivity contribution in [3.8, 4) is 0 Å². The first-order chi connectivity index (χ1) is 9.80. The summed E-state index contributed by atoms with van der Waals surface area (Å²) in [5.74, 6) is 0. The number of hydrogen-bond acceptors (Lipinski definition) is 4. The number of hydrogen-bond donors (Lipinski definition) is 1. The quantitative estimate of drug-likeness (QED) is 0.728. The van der Waals surface area contributed by atoms with E-state index in [0.29, 0.717) is 25.2 Å². The molecule has 1 aromatic rings. The first-order valence-corrected chi connectivity index (χ1v) is 8.69. The van der Waals surface area contributed by atoms with E-state index >= 15 is 0 Å². The van der Waals surface area contributed by atoms with Crippen molar-refractivity contribution in [2.75, 3.05) is 33.7 Å². The normalized spacial score (nSPS) is 12.0. The largest absolute Gasteiger partial charge is 0.389 e. The molecule has 118 valence electrons. The molecule has 0 radical (unpaired) electrons. The average Bonchev–Trinajstić information content (AvgIpc) is 2.43. The average molecular weight is 329 g/mol. The predicted octanol–water partition coefficient (Wildman–Crippen LogP) is 1.28. The second kappa shape index (κ2) is 7.84. The first-order valence-electron chi connectivity index (χ1n) is 6.84. The summed E-state index contributed by atoms with van der Waals surface area (Å²) >= 11 is 4.96. The van der Waals surface area contributed by atoms with Gasteiger partial charge in [0.05, 0.1) is 4.90 Å². The van der Waals surface area contributed by atoms with Crippen molar-refractivity contribution in [1.82, 2.24) is 9.21 Å². The minimum Gasteiger partial charge on any atom is -0.389 e. The van der Waals surface area contributed by atoms with E-state index in [1.54, 1.807) is 24.3 Å². The number of thiocarbonyl (C=S) groups is 1. The third-order valence-electron chi connectivity index (χ3n) is 3.04. The molecule has 5 nitrogen and oxygen atoms in total. The van der Waals surface area contributed by atoms with E-state index in [-0.39, 0.29) is 9.88 Å². The smallest absolute Gasteiger partial charge is 0.243 e. The Bertz CT molecular complexity index is 586. The maximum atomic E-state index is 12.9. The lowest BCUT2D eigenvalue weighted by Gasteiger charge is -2.24. The molecule has 0 aliphatic carbocycles. The van der Waals surface area contributed by atoms with Crippen LogP contribution >= 0.6 is 12.2 Å². The molecule has 0 aromatic heterocycles. The van der Waals surface area contributed by atoms with Crippen molar-refractivity contribution in [2.45, 2.75) is 18.2 Å². The fourth-order valence-corrected chi connectivity index (χ4v) is 3.92. The van der Waals surface area contributed by atoms with Gasteiger partial charge in [0.25, 0.3) is 0 Å². The number of benzene rings is 1. The van der Waals surface area contributed by atoms with Crippen LogP contribution in [0.3, 0.4) is 0 Å². The Kier molecular flexibility index (Phi) is 6.73. The van der Waals surface area contributed by atoms with Crippen molar-refractivity contribution in [3.05, 3.63) is 29.8 Å². The highest BCUT2D eigenvalue weighted by molar-refractivity contribution is 7.89. The molecular weight excluding hydrogens is 306 g/mol. The monoisotopic (exact) mass is 329 g/mol. The summed E-state index contributed by atoms with van der Waals surface area (Å²) in [6, 6.07) is 6.62. The van der Waals surface area contributed by atoms with Gasteiger partial charge >= 0.3 is 0 Å². The van der Waals surface area contributed by atoms with Gasteiger partial charge in [-0.2, -0.15) is 4.31 Å². The van der Waals surface area contributed by atoms with Gasteiger partial charge < -0.3 is 10.6 Å². The molecule has 0 bridgehead atoms. The maximum Gasteiger partial charge on any atom is 0.243 e. The van der Waals surface area contributed by atoms with Gasteiger partial charge in [-0.25, -0.2) is 8.42 Å². The Morgan fingerprint density at radius 1 is 1.19 bits per heavy atom. The number of sulfonamides is 1. The highest BCUT2D eigenvalue weighted by Crippen LogP contribution is 2.20. The van der Waals surface area contributed by atoms with Crippen molar-refractivity contribution >= 4 is 27.2 Å². The summed E-state index contributed by atoms with van der Waals surface area (Å²) in [4.78, 5) is 2.24. The molecule has 7 heteroatoms. The van der Waals surface area contributed by atoms with E-state index in [0.717, 1.165) is 6.42 Å². The molecule has 2 N–H and O–H groups in total. The zero-order valence-electron chi connectivity index (χ0n) is 12.7. The van der Waals surface area contributed by atoms with Crippen molar-refractivity contribution in [2.24, 2.45) is 5.73 Å². The summed E-state index contributed by atoms with van der Waals surface area (Å²) in [7, 11) is 0.237. The fourth-order valence-electron chi connectivity index (χ4n) is 1.95. The topological polar surface area (TPSA) is 66.6 Å². The molecule has 0 aliphatic heterocycles. The van der Waals surface area contributed by atoms with Gasteiger partial charge in [-0.3, -0.25) is 0 Å². The Morgan fingerprint density at radius 2 is 1.81 bits per heavy atom. The van der Waals surface area contributed by atoms with Crippen LogP contribution in [0.15, 0.2) is 29.2 Å². The molecule has 0 aliphatic rings. The zero-order chi connectivity index (χ0) is 16.0. The van der Waals surface area contributed by atoms with E-state index in [9.17, 15) is 8.42 Å². The summed E-state index contributed by atoms with van der Waals surface area (Å²) in [5, 5.41) is 0. The molecule has 21 heavy (non-hydrogen) atoms. The van der Waals surface area contributed by atoms with Crippen LogP contribution in [0.2, 0.25) is 0 Å². The van der Waals surface area contributed by atoms with Crippen molar-refractivity contribution in [3.63, 3.8) is 0 Å². The second-order valence-corrected chi connectivity index (χ2v) is 7.41. The summed E-state index contributed by atoms with van der Waals surface area (Å²) < 4.78 is 27.2. The SMILES string of the molecule is CCCN(CCN(C)C)S(=O)(=O)c1ccccc1C(N)=S. The minimum absolute atomic E-state index is 0.0956. The highest BCUT2D eigenvalue weighted by Gasteiger charge is 2.26. The highest BCUT2D eigenvalue weighted by atomic mass is 32.2. The van der Waals surface area contributed by atoms with E-state index in [2.05, 4.69) is 0 Å². The molecule has 0 amide bonds. The lowest BCUT2D eigenvalue weighted by Crippen LogP contribution is -2.38. The molecule has 0 saturated heterocycles. The summed E-state index contributed by atoms with van der Waals surface area (Å²) in [6.07, 6.45) is 0.752. The number of nitrogens with zero attached hydrogens (tertiary/aromatic N) is 2. The fraction of sp³-hybridized carbons (Fsp3) is 0.500. The summed E-state index contributed by atoms with van der Waals surface area (Å²) in [5.41, 5.74) is 6.05. The van der Waals surface area contributed by atoms with Crippen LogP contribution in [0.25, 0.3) is 0 Å². The lowest BCUT2D eigenvalue weighted by atomic mass is 10.2. The lowest BCUT2D eigenvalue weighted by molar-refractivity contribution is 0.333. The van der Waals surface area contributed by atoms with Crippen LogP contribution in [0.5, 0.6) is 0 Å². The van der Waals surface area contributed by atoms with Crippen molar-refractivity contribution in [1.29, 1.82) is 0 Å². The maximum absolute atomic E-state index is 12.9. The molecule has 0 unspecified atom stereocenters. The zero-order valence-corrected chi connectivity index (χ0v) is 14.4. The van der Waals surface area contributed by atoms with Crippen LogP contribution in [0.1, 0.15) is 18.9 Å². The van der Waals surface area contributed by atoms with Gasteiger partial charge in [-0.15, -0.1) is 0 Å². The van der Waals surface area contributed by atoms with Gasteiger partial charge in [-0.05, 0) is 26.6 Å². The summed E-state index contributed by atoms with van der Waals surface area (Å²) in [6.45, 7) is 3.53. The molecule has 1 rings (SSSR count). The van der Waals surface area contributed by atoms with Gasteiger partial charge in [-0.1, -0.05) is 37.3 Å². The molecule has 0 fully saturated rings. The van der Waals surface area contributed by atoms with Gasteiger partial charge in [0, 0.05) is 25.2 Å². The van der Waals surface area contributed by atoms with E-state index in [1.807, 2.05) is 25.9 Å². The number of likely N-dealkylation sites (N-methyl/N-ethyl adjacent to an activating group) is 1. The minimum atomic E-state index is -3.60. The van der Waals surface area contributed by atoms with Gasteiger partial charge in [0.2, 0.25) is 10.0 Å². The molecule has 0 heterocycles. The second-order valence-electron chi connectivity index (χ2n) is 5.07. The molecule has 1 aromatic carbocycles. The number of nitrogens with two attached hydrogens (primary N) is 1. The molecule has 0 saturated carbocycles. The molecule has 0 atom stereocenters. The Hall–Kier alpha value is -1.02. The van der Waals surface area contributed by atoms with Gasteiger partial charge in [0.15, 0.2) is 0 Å². The third-order valence-corrected chi connectivity index (χ3v) is 5.22. The first kappa shape index (κ1) is 18.0. The van der Waals surface area contributed by atoms with E-state index in [1.165, 1.54) is 4.31 Å². The van der Waals surface area contributed by atoms with E-state index in [4.69, 9.17) is 18.0 Å². The Balaban J connectivity index is 3.19. The standard InChI is InChI=1S/C14H23N3O2S2/c1-4-9-17(11-10-16(2)3)21(18,19)13-8-6-5-7-12(13)14(15)20/h5-8H,4,9-11H2,1-3H3,(H2,15,20). The van der Waals surface area contributed by atoms with Crippen LogP contribution in [-0.2, 0) is 10.0 Å². The van der Waals surface area contributed by atoms with Gasteiger partial charge in [0.1, 0.15) is 4.99 Å². The van der Waals surface area contributed by atoms with Crippen LogP contribution < -0.4 is 5.73 Å². The Labute approximate surface area is 132 Å². The molecular formula is C14H23N3O2S2. The molecule has 0 spiro atoms. The van der Waals surface area contributed by atoms with Crippen LogP contribution in [0.4, 0.5) is 0 Å². The van der Waals surface area contributed by atoms with Crippen molar-refractivity contribution < 1.29 is 8.42 Å². The predicted molar refractivity (Wildman–Crippen MR) is 89.9 cm³/mol. The van der Waals surface area contributed by atoms with Crippen LogP contribution in [-0.4, -0.2) is 56.3 Å². The van der Waals surface area contributed by atoms with Crippen LogP contribution in [0, 0.1) is 0 Å². The Morgan fingerprint density at radius 3 is 2.33 bits per heavy atom.